The number of benzene rings is 1. The Balaban J connectivity index is 2.99. The van der Waals surface area contributed by atoms with Crippen LogP contribution in [-0.4, -0.2) is 9.67 Å². The highest BCUT2D eigenvalue weighted by Crippen LogP contribution is 2.29. The first kappa shape index (κ1) is 7.22. The second kappa shape index (κ2) is 2.27. The number of fused-ring (bicyclic) bond motifs is 1. The van der Waals surface area contributed by atoms with E-state index in [4.69, 9.17) is 0 Å². The molecule has 0 radical (unpaired) electrons. The van der Waals surface area contributed by atoms with Gasteiger partial charge in [-0.1, -0.05) is 18.2 Å². The summed E-state index contributed by atoms with van der Waals surface area (Å²) in [7, 11) is 1.87. The van der Waals surface area contributed by atoms with Crippen LogP contribution in [0, 0.1) is 6.92 Å². The molecule has 62 valence electrons. The summed E-state index contributed by atoms with van der Waals surface area (Å²) < 4.78 is 1.80. The van der Waals surface area contributed by atoms with Gasteiger partial charge in [-0.2, -0.15) is 0 Å². The van der Waals surface area contributed by atoms with Crippen molar-refractivity contribution in [3.8, 4) is 5.88 Å². The molecule has 0 amide bonds. The SMILES string of the molecule is Cc1c2ccccc2c(O)n1C. The molecule has 0 saturated heterocycles. The van der Waals surface area contributed by atoms with Crippen LogP contribution in [0.2, 0.25) is 0 Å². The monoisotopic (exact) mass is 161 g/mol. The first-order chi connectivity index (χ1) is 5.72. The third-order valence-electron chi connectivity index (χ3n) is 2.38. The molecule has 2 aromatic rings. The van der Waals surface area contributed by atoms with Gasteiger partial charge in [0.2, 0.25) is 0 Å². The summed E-state index contributed by atoms with van der Waals surface area (Å²) in [6.45, 7) is 2.00. The van der Waals surface area contributed by atoms with Gasteiger partial charge < -0.3 is 9.67 Å². The van der Waals surface area contributed by atoms with Crippen molar-refractivity contribution >= 4 is 10.8 Å². The van der Waals surface area contributed by atoms with Crippen molar-refractivity contribution in [1.82, 2.24) is 4.57 Å². The fourth-order valence-electron chi connectivity index (χ4n) is 1.51. The smallest absolute Gasteiger partial charge is 0.199 e. The fraction of sp³-hybridized carbons (Fsp3) is 0.200. The predicted molar refractivity (Wildman–Crippen MR) is 49.3 cm³/mol. The third-order valence-corrected chi connectivity index (χ3v) is 2.38. The van der Waals surface area contributed by atoms with E-state index in [2.05, 4.69) is 0 Å². The first-order valence-corrected chi connectivity index (χ1v) is 3.95. The van der Waals surface area contributed by atoms with E-state index in [1.165, 1.54) is 0 Å². The number of aryl methyl sites for hydroxylation is 1. The molecule has 2 heteroatoms. The highest BCUT2D eigenvalue weighted by atomic mass is 16.3. The Morgan fingerprint density at radius 1 is 1.17 bits per heavy atom. The molecule has 0 aliphatic carbocycles. The summed E-state index contributed by atoms with van der Waals surface area (Å²) in [6, 6.07) is 7.86. The van der Waals surface area contributed by atoms with Gasteiger partial charge in [-0.05, 0) is 13.0 Å². The van der Waals surface area contributed by atoms with Gasteiger partial charge in [-0.25, -0.2) is 0 Å². The highest BCUT2D eigenvalue weighted by Gasteiger charge is 2.08. The average Bonchev–Trinajstić information content (AvgIpc) is 2.33. The number of rotatable bonds is 0. The Morgan fingerprint density at radius 2 is 1.75 bits per heavy atom. The molecule has 12 heavy (non-hydrogen) atoms. The van der Waals surface area contributed by atoms with E-state index < -0.39 is 0 Å². The number of aromatic hydroxyl groups is 1. The lowest BCUT2D eigenvalue weighted by atomic mass is 10.2. The molecule has 1 aromatic heterocycles. The van der Waals surface area contributed by atoms with Crippen LogP contribution < -0.4 is 0 Å². The molecule has 0 saturated carbocycles. The summed E-state index contributed by atoms with van der Waals surface area (Å²) >= 11 is 0. The molecule has 0 fully saturated rings. The standard InChI is InChI=1S/C10H11NO/c1-7-8-5-3-4-6-9(8)10(12)11(7)2/h3-6,12H,1-2H3. The van der Waals surface area contributed by atoms with E-state index in [9.17, 15) is 5.11 Å². The van der Waals surface area contributed by atoms with Crippen LogP contribution in [0.25, 0.3) is 10.8 Å². The lowest BCUT2D eigenvalue weighted by molar-refractivity contribution is 0.435. The van der Waals surface area contributed by atoms with E-state index >= 15 is 0 Å². The van der Waals surface area contributed by atoms with Crippen molar-refractivity contribution in [2.75, 3.05) is 0 Å². The summed E-state index contributed by atoms with van der Waals surface area (Å²) in [5.74, 6) is 0.350. The minimum absolute atomic E-state index is 0.350. The zero-order valence-electron chi connectivity index (χ0n) is 7.20. The molecule has 2 nitrogen and oxygen atoms in total. The normalized spacial score (nSPS) is 10.8. The van der Waals surface area contributed by atoms with E-state index in [1.807, 2.05) is 38.2 Å². The predicted octanol–water partition coefficient (Wildman–Crippen LogP) is 2.19. The van der Waals surface area contributed by atoms with Crippen molar-refractivity contribution in [2.45, 2.75) is 6.92 Å². The zero-order valence-corrected chi connectivity index (χ0v) is 7.20. The number of nitrogens with zero attached hydrogens (tertiary/aromatic N) is 1. The number of hydrogen-bond donors (Lipinski definition) is 1. The van der Waals surface area contributed by atoms with Crippen LogP contribution in [0.5, 0.6) is 5.88 Å². The van der Waals surface area contributed by atoms with Gasteiger partial charge in [-0.15, -0.1) is 0 Å². The summed E-state index contributed by atoms with van der Waals surface area (Å²) in [6.07, 6.45) is 0. The van der Waals surface area contributed by atoms with Crippen molar-refractivity contribution in [1.29, 1.82) is 0 Å². The maximum atomic E-state index is 9.64. The Hall–Kier alpha value is -1.44. The second-order valence-electron chi connectivity index (χ2n) is 3.01. The molecule has 0 aliphatic heterocycles. The van der Waals surface area contributed by atoms with Crippen molar-refractivity contribution in [3.05, 3.63) is 30.0 Å². The number of aromatic nitrogens is 1. The van der Waals surface area contributed by atoms with E-state index in [-0.39, 0.29) is 0 Å². The lowest BCUT2D eigenvalue weighted by Crippen LogP contribution is -1.87. The Morgan fingerprint density at radius 3 is 2.33 bits per heavy atom. The van der Waals surface area contributed by atoms with Gasteiger partial charge in [-0.3, -0.25) is 0 Å². The Labute approximate surface area is 71.1 Å². The summed E-state index contributed by atoms with van der Waals surface area (Å²) in [4.78, 5) is 0. The molecule has 1 aromatic carbocycles. The lowest BCUT2D eigenvalue weighted by Gasteiger charge is -1.95. The second-order valence-corrected chi connectivity index (χ2v) is 3.01. The van der Waals surface area contributed by atoms with Gasteiger partial charge in [0, 0.05) is 23.5 Å². The van der Waals surface area contributed by atoms with Crippen LogP contribution in [0.4, 0.5) is 0 Å². The average molecular weight is 161 g/mol. The molecule has 0 spiro atoms. The first-order valence-electron chi connectivity index (χ1n) is 3.95. The third kappa shape index (κ3) is 0.749. The fourth-order valence-corrected chi connectivity index (χ4v) is 1.51. The van der Waals surface area contributed by atoms with E-state index in [0.29, 0.717) is 5.88 Å². The van der Waals surface area contributed by atoms with Gasteiger partial charge in [0.1, 0.15) is 0 Å². The minimum Gasteiger partial charge on any atom is -0.494 e. The van der Waals surface area contributed by atoms with Crippen molar-refractivity contribution < 1.29 is 5.11 Å². The van der Waals surface area contributed by atoms with Gasteiger partial charge in [0.25, 0.3) is 0 Å². The topological polar surface area (TPSA) is 25.2 Å². The van der Waals surface area contributed by atoms with Gasteiger partial charge in [0.05, 0.1) is 0 Å². The molecular weight excluding hydrogens is 150 g/mol. The molecule has 0 bridgehead atoms. The molecule has 2 rings (SSSR count). The quantitative estimate of drug-likeness (QED) is 0.629. The molecule has 0 atom stereocenters. The van der Waals surface area contributed by atoms with Crippen molar-refractivity contribution in [2.24, 2.45) is 7.05 Å². The number of hydrogen-bond acceptors (Lipinski definition) is 1. The van der Waals surface area contributed by atoms with Gasteiger partial charge in [0.15, 0.2) is 5.88 Å². The van der Waals surface area contributed by atoms with Crippen LogP contribution in [-0.2, 0) is 7.05 Å². The van der Waals surface area contributed by atoms with Crippen LogP contribution in [0.15, 0.2) is 24.3 Å². The maximum Gasteiger partial charge on any atom is 0.199 e. The summed E-state index contributed by atoms with van der Waals surface area (Å²) in [5.41, 5.74) is 1.10. The molecule has 1 heterocycles. The Kier molecular flexibility index (Phi) is 1.37. The van der Waals surface area contributed by atoms with Crippen molar-refractivity contribution in [3.63, 3.8) is 0 Å². The molecule has 0 unspecified atom stereocenters. The van der Waals surface area contributed by atoms with Gasteiger partial charge >= 0.3 is 0 Å². The van der Waals surface area contributed by atoms with Crippen LogP contribution >= 0.6 is 0 Å². The summed E-state index contributed by atoms with van der Waals surface area (Å²) in [5, 5.41) is 11.7. The minimum atomic E-state index is 0.350. The largest absolute Gasteiger partial charge is 0.494 e. The maximum absolute atomic E-state index is 9.64. The molecule has 0 aliphatic rings. The molecular formula is C10H11NO. The van der Waals surface area contributed by atoms with Crippen LogP contribution in [0.1, 0.15) is 5.69 Å². The van der Waals surface area contributed by atoms with E-state index in [0.717, 1.165) is 16.5 Å². The Bertz CT molecular complexity index is 390. The van der Waals surface area contributed by atoms with Crippen LogP contribution in [0.3, 0.4) is 0 Å². The van der Waals surface area contributed by atoms with E-state index in [1.54, 1.807) is 4.57 Å². The highest BCUT2D eigenvalue weighted by molar-refractivity contribution is 5.90. The zero-order chi connectivity index (χ0) is 8.72. The molecule has 1 N–H and O–H groups in total.